The van der Waals surface area contributed by atoms with Crippen molar-refractivity contribution in [3.05, 3.63) is 0 Å². The van der Waals surface area contributed by atoms with Gasteiger partial charge in [0.05, 0.1) is 82.9 Å². The maximum Gasteiger partial charge on any atom is 1.00 e. The minimum absolute atomic E-state index is 0. The molecule has 9 heterocycles. The molecule has 0 saturated carbocycles. The van der Waals surface area contributed by atoms with Crippen LogP contribution >= 0.6 is 70.4 Å². The van der Waals surface area contributed by atoms with Crippen LogP contribution in [0.1, 0.15) is 0 Å². The van der Waals surface area contributed by atoms with Gasteiger partial charge in [0.25, 0.3) is 0 Å². The number of hydrogen-bond donors (Lipinski definition) is 0. The molecule has 0 amide bonds. The summed E-state index contributed by atoms with van der Waals surface area (Å²) in [5.74, 6) is 0. The van der Waals surface area contributed by atoms with E-state index in [9.17, 15) is 70.4 Å². The molecule has 9 rings (SSSR count). The Labute approximate surface area is 425 Å². The summed E-state index contributed by atoms with van der Waals surface area (Å²) >= 11 is 0. The third-order valence-corrected chi connectivity index (χ3v) is 21.2. The second kappa shape index (κ2) is 28.0. The average Bonchev–Trinajstić information content (AvgIpc) is 3.02. The number of hydrogen-bond acceptors (Lipinski definition) is 33. The van der Waals surface area contributed by atoms with Gasteiger partial charge >= 0.3 is 136 Å². The quantitative estimate of drug-likeness (QED) is 0.176. The Morgan fingerprint density at radius 2 is 0.492 bits per heavy atom. The molecule has 0 aromatic carbocycles. The van der Waals surface area contributed by atoms with Gasteiger partial charge in [-0.25, -0.2) is 27.4 Å². The summed E-state index contributed by atoms with van der Waals surface area (Å²) in [4.78, 5) is 68.8. The average molecular weight is 1120 g/mol. The molecule has 9 fully saturated rings. The minimum Gasteiger partial charge on any atom is -0.789 e. The predicted molar refractivity (Wildman–Crippen MR) is 178 cm³/mol. The van der Waals surface area contributed by atoms with E-state index in [-0.39, 0.29) is 168 Å². The van der Waals surface area contributed by atoms with Crippen LogP contribution in [0.4, 0.5) is 0 Å². The molecule has 3 unspecified atom stereocenters. The van der Waals surface area contributed by atoms with Crippen molar-refractivity contribution in [3.63, 3.8) is 0 Å². The normalized spacial score (nSPS) is 38.3. The number of rotatable bonds is 6. The van der Waals surface area contributed by atoms with Gasteiger partial charge in [-0.05, 0) is 0 Å². The van der Waals surface area contributed by atoms with Crippen LogP contribution in [0.15, 0.2) is 0 Å². The van der Waals surface area contributed by atoms with Crippen LogP contribution in [-0.2, 0) is 108 Å². The van der Waals surface area contributed by atoms with Crippen LogP contribution in [0.25, 0.3) is 0 Å². The first-order valence-corrected chi connectivity index (χ1v) is 29.7. The van der Waals surface area contributed by atoms with E-state index in [0.29, 0.717) is 39.3 Å². The molecule has 0 radical (unpaired) electrons. The van der Waals surface area contributed by atoms with Crippen LogP contribution in [0.2, 0.25) is 0 Å². The first-order valence-electron chi connectivity index (χ1n) is 16.5. The van der Waals surface area contributed by atoms with Gasteiger partial charge in [-0.3, -0.25) is 68.3 Å². The zero-order valence-electron chi connectivity index (χ0n) is 33.3. The molecule has 0 N–H and O–H groups in total. The van der Waals surface area contributed by atoms with E-state index >= 15 is 0 Å². The van der Waals surface area contributed by atoms with Crippen LogP contribution in [-0.4, -0.2) is 133 Å². The van der Waals surface area contributed by atoms with Gasteiger partial charge in [-0.15, -0.1) is 0 Å². The summed E-state index contributed by atoms with van der Waals surface area (Å²) in [7, 11) is -44.8. The third-order valence-electron chi connectivity index (χ3n) is 7.11. The summed E-state index contributed by atoms with van der Waals surface area (Å²) in [6, 6.07) is 0. The van der Waals surface area contributed by atoms with Gasteiger partial charge in [0, 0.05) is 58.9 Å². The van der Waals surface area contributed by atoms with Crippen LogP contribution in [0, 0.1) is 0 Å². The first kappa shape index (κ1) is 65.1. The standard InChI is InChI=1S/3C6H14NO10P3.3Na/c3*8-18(9,10)16-20(12)15-6-3-7-1-4-13-19(11,17-20)14-5-2-7;;;/h3*1-6H2,(H2,8,9,10);;;/q;;;3*+1/p-6. The van der Waals surface area contributed by atoms with Crippen LogP contribution < -0.4 is 118 Å². The predicted octanol–water partition coefficient (Wildman–Crippen LogP) is -10.7. The number of nitrogens with zero attached hydrogens (tertiary/aromatic N) is 3. The van der Waals surface area contributed by atoms with Crippen molar-refractivity contribution < 1.29 is 226 Å². The van der Waals surface area contributed by atoms with Crippen LogP contribution in [0.5, 0.6) is 0 Å². The molecular formula is C18H36N3Na3O30P9-3. The van der Waals surface area contributed by atoms with Crippen molar-refractivity contribution in [1.82, 2.24) is 14.7 Å². The molecule has 9 aliphatic rings. The zero-order valence-corrected chi connectivity index (χ0v) is 47.4. The van der Waals surface area contributed by atoms with E-state index in [0.717, 1.165) is 0 Å². The van der Waals surface area contributed by atoms with Gasteiger partial charge in [-0.2, -0.15) is 12.9 Å². The van der Waals surface area contributed by atoms with Gasteiger partial charge in [0.1, 0.15) is 0 Å². The van der Waals surface area contributed by atoms with E-state index in [2.05, 4.69) is 39.4 Å². The molecule has 45 heteroatoms. The molecule has 0 spiro atoms. The van der Waals surface area contributed by atoms with Crippen molar-refractivity contribution in [2.45, 2.75) is 0 Å². The molecular weight excluding hydrogens is 1090 g/mol. The number of phosphoric acid groups is 9. The van der Waals surface area contributed by atoms with Crippen molar-refractivity contribution in [2.24, 2.45) is 0 Å². The van der Waals surface area contributed by atoms with E-state index in [1.807, 2.05) is 0 Å². The number of fused-ring (bicyclic) bond motifs is 24. The molecule has 63 heavy (non-hydrogen) atoms. The second-order valence-electron chi connectivity index (χ2n) is 11.5. The summed E-state index contributed by atoms with van der Waals surface area (Å²) in [6.45, 7) is 2.17. The van der Waals surface area contributed by atoms with Crippen molar-refractivity contribution in [3.8, 4) is 0 Å². The Hall–Kier alpha value is 4.11. The van der Waals surface area contributed by atoms with E-state index in [4.69, 9.17) is 27.1 Å². The Morgan fingerprint density at radius 1 is 0.333 bits per heavy atom. The summed E-state index contributed by atoms with van der Waals surface area (Å²) in [5, 5.41) is 0. The maximum atomic E-state index is 12.1. The molecule has 9 aliphatic heterocycles. The summed E-state index contributed by atoms with van der Waals surface area (Å²) < 4.78 is 172. The fourth-order valence-corrected chi connectivity index (χ4v) is 17.0. The first-order chi connectivity index (χ1) is 27.6. The molecule has 0 aromatic heterocycles. The fraction of sp³-hybridized carbons (Fsp3) is 1.00. The van der Waals surface area contributed by atoms with E-state index in [1.165, 1.54) is 0 Å². The van der Waals surface area contributed by atoms with Crippen LogP contribution in [0.3, 0.4) is 0 Å². The monoisotopic (exact) mass is 1120 g/mol. The van der Waals surface area contributed by atoms with E-state index < -0.39 is 70.4 Å². The Kier molecular flexibility index (Phi) is 28.9. The van der Waals surface area contributed by atoms with Crippen molar-refractivity contribution in [1.29, 1.82) is 0 Å². The molecule has 0 aliphatic carbocycles. The largest absolute Gasteiger partial charge is 1.00 e. The van der Waals surface area contributed by atoms with E-state index in [1.54, 1.807) is 14.7 Å². The fourth-order valence-electron chi connectivity index (χ4n) is 4.72. The van der Waals surface area contributed by atoms with Crippen molar-refractivity contribution >= 4 is 70.4 Å². The van der Waals surface area contributed by atoms with Gasteiger partial charge in [-0.1, -0.05) is 0 Å². The van der Waals surface area contributed by atoms with Gasteiger partial charge in [0.15, 0.2) is 0 Å². The Balaban J connectivity index is 0.000000462. The summed E-state index contributed by atoms with van der Waals surface area (Å²) in [6.07, 6.45) is 0. The zero-order chi connectivity index (χ0) is 44.6. The SMILES string of the molecule is O=P([O-])([O-])OP1(=O)OCCN2CCOP(=O)(OCC2)O1.O=P([O-])([O-])OP1(=O)OCCN2CCOP(=O)(OCC2)O1.O=P([O-])([O-])OP1(=O)OCCN2CCOP(=O)(OCC2)O1.[Na+].[Na+].[Na+]. The van der Waals surface area contributed by atoms with Crippen molar-refractivity contribution in [2.75, 3.05) is 118 Å². The molecule has 9 saturated heterocycles. The number of phosphoric ester groups is 3. The third kappa shape index (κ3) is 25.6. The molecule has 6 bridgehead atoms. The second-order valence-corrected chi connectivity index (χ2v) is 25.8. The Morgan fingerprint density at radius 3 is 0.651 bits per heavy atom. The molecule has 33 nitrogen and oxygen atoms in total. The molecule has 354 valence electrons. The van der Waals surface area contributed by atoms with Gasteiger partial charge in [0.2, 0.25) is 0 Å². The minimum atomic E-state index is -5.68. The smallest absolute Gasteiger partial charge is 0.789 e. The topological polar surface area (TPSA) is 440 Å². The Bertz CT molecular complexity index is 1650. The maximum absolute atomic E-state index is 12.1. The molecule has 0 aromatic rings. The summed E-state index contributed by atoms with van der Waals surface area (Å²) in [5.41, 5.74) is 0. The molecule has 3 atom stereocenters. The van der Waals surface area contributed by atoms with Gasteiger partial charge < -0.3 is 43.1 Å².